The van der Waals surface area contributed by atoms with Gasteiger partial charge in [0.05, 0.1) is 24.8 Å². The van der Waals surface area contributed by atoms with E-state index in [1.54, 1.807) is 7.11 Å². The summed E-state index contributed by atoms with van der Waals surface area (Å²) in [4.78, 5) is 4.80. The van der Waals surface area contributed by atoms with Gasteiger partial charge < -0.3 is 18.8 Å². The summed E-state index contributed by atoms with van der Waals surface area (Å²) < 4.78 is 19.6. The molecule has 0 bridgehead atoms. The molecule has 1 heterocycles. The smallest absolute Gasteiger partial charge is 0.147 e. The number of hydrogen-bond donors (Lipinski definition) is 0. The van der Waals surface area contributed by atoms with Gasteiger partial charge in [-0.1, -0.05) is 36.4 Å². The lowest BCUT2D eigenvalue weighted by molar-refractivity contribution is 0.278. The van der Waals surface area contributed by atoms with Crippen LogP contribution in [-0.4, -0.2) is 23.3 Å². The predicted octanol–water partition coefficient (Wildman–Crippen LogP) is 5.71. The summed E-state index contributed by atoms with van der Waals surface area (Å²) in [5.41, 5.74) is 4.42. The standard InChI is InChI=1S/C26H28N2O3/c1-19-9-6-10-20(2)26(19)30-16-8-15-28-24-14-5-4-13-23(24)27-25(28)18-31-22-12-7-11-21(17-22)29-3/h4-7,9-14,17H,8,15-16,18H2,1-3H3. The van der Waals surface area contributed by atoms with Crippen LogP contribution in [0.3, 0.4) is 0 Å². The zero-order valence-electron chi connectivity index (χ0n) is 18.3. The summed E-state index contributed by atoms with van der Waals surface area (Å²) in [5, 5.41) is 0. The number of methoxy groups -OCH3 is 1. The molecular formula is C26H28N2O3. The Hall–Kier alpha value is -3.47. The van der Waals surface area contributed by atoms with Crippen molar-refractivity contribution in [2.24, 2.45) is 0 Å². The molecule has 0 amide bonds. The van der Waals surface area contributed by atoms with Crippen LogP contribution in [-0.2, 0) is 13.2 Å². The lowest BCUT2D eigenvalue weighted by atomic mass is 10.1. The molecule has 0 saturated carbocycles. The fraction of sp³-hybridized carbons (Fsp3) is 0.269. The second-order valence-electron chi connectivity index (χ2n) is 7.56. The summed E-state index contributed by atoms with van der Waals surface area (Å²) in [6, 6.07) is 22.0. The van der Waals surface area contributed by atoms with Gasteiger partial charge >= 0.3 is 0 Å². The molecule has 31 heavy (non-hydrogen) atoms. The molecule has 5 heteroatoms. The first-order chi connectivity index (χ1) is 15.2. The summed E-state index contributed by atoms with van der Waals surface area (Å²) >= 11 is 0. The van der Waals surface area contributed by atoms with Crippen molar-refractivity contribution in [1.82, 2.24) is 9.55 Å². The van der Waals surface area contributed by atoms with Gasteiger partial charge in [0, 0.05) is 12.6 Å². The average molecular weight is 417 g/mol. The third kappa shape index (κ3) is 4.82. The zero-order chi connectivity index (χ0) is 21.6. The maximum atomic E-state index is 6.09. The van der Waals surface area contributed by atoms with Crippen molar-refractivity contribution in [3.05, 3.63) is 83.7 Å². The summed E-state index contributed by atoms with van der Waals surface area (Å²) in [6.07, 6.45) is 0.875. The van der Waals surface area contributed by atoms with Crippen LogP contribution in [0.5, 0.6) is 17.2 Å². The Labute approximate surface area is 183 Å². The molecule has 0 atom stereocenters. The summed E-state index contributed by atoms with van der Waals surface area (Å²) in [7, 11) is 1.65. The number of ether oxygens (including phenoxy) is 3. The number of fused-ring (bicyclic) bond motifs is 1. The van der Waals surface area contributed by atoms with Crippen molar-refractivity contribution in [2.45, 2.75) is 33.4 Å². The maximum Gasteiger partial charge on any atom is 0.147 e. The maximum absolute atomic E-state index is 6.09. The van der Waals surface area contributed by atoms with Gasteiger partial charge in [0.25, 0.3) is 0 Å². The van der Waals surface area contributed by atoms with Crippen molar-refractivity contribution in [1.29, 1.82) is 0 Å². The Morgan fingerprint density at radius 2 is 1.58 bits per heavy atom. The molecule has 0 unspecified atom stereocenters. The quantitative estimate of drug-likeness (QED) is 0.328. The number of aryl methyl sites for hydroxylation is 3. The molecule has 0 fully saturated rings. The summed E-state index contributed by atoms with van der Waals surface area (Å²) in [6.45, 7) is 6.01. The Bertz CT molecular complexity index is 1150. The monoisotopic (exact) mass is 416 g/mol. The van der Waals surface area contributed by atoms with Crippen LogP contribution in [0.15, 0.2) is 66.7 Å². The van der Waals surface area contributed by atoms with Gasteiger partial charge in [0.15, 0.2) is 0 Å². The lowest BCUT2D eigenvalue weighted by Crippen LogP contribution is -2.10. The molecule has 0 spiro atoms. The minimum atomic E-state index is 0.388. The number of nitrogens with zero attached hydrogens (tertiary/aromatic N) is 2. The number of benzene rings is 3. The van der Waals surface area contributed by atoms with Crippen LogP contribution in [0.4, 0.5) is 0 Å². The zero-order valence-corrected chi connectivity index (χ0v) is 18.3. The first kappa shape index (κ1) is 20.8. The second kappa shape index (κ2) is 9.56. The molecule has 0 aliphatic rings. The third-order valence-corrected chi connectivity index (χ3v) is 5.32. The molecule has 0 aliphatic heterocycles. The molecule has 4 rings (SSSR count). The predicted molar refractivity (Wildman–Crippen MR) is 123 cm³/mol. The highest BCUT2D eigenvalue weighted by molar-refractivity contribution is 5.75. The molecule has 0 saturated heterocycles. The van der Waals surface area contributed by atoms with E-state index in [1.165, 1.54) is 11.1 Å². The Morgan fingerprint density at radius 3 is 2.39 bits per heavy atom. The Morgan fingerprint density at radius 1 is 0.839 bits per heavy atom. The van der Waals surface area contributed by atoms with E-state index in [9.17, 15) is 0 Å². The van der Waals surface area contributed by atoms with Gasteiger partial charge in [-0.2, -0.15) is 0 Å². The molecule has 1 aromatic heterocycles. The molecule has 160 valence electrons. The van der Waals surface area contributed by atoms with Crippen LogP contribution in [0.1, 0.15) is 23.4 Å². The molecular weight excluding hydrogens is 388 g/mol. The molecule has 0 N–H and O–H groups in total. The molecule has 4 aromatic rings. The molecule has 0 radical (unpaired) electrons. The highest BCUT2D eigenvalue weighted by Gasteiger charge is 2.12. The van der Waals surface area contributed by atoms with E-state index >= 15 is 0 Å². The van der Waals surface area contributed by atoms with Crippen molar-refractivity contribution in [3.8, 4) is 17.2 Å². The van der Waals surface area contributed by atoms with Crippen LogP contribution >= 0.6 is 0 Å². The first-order valence-corrected chi connectivity index (χ1v) is 10.6. The minimum absolute atomic E-state index is 0.388. The topological polar surface area (TPSA) is 45.5 Å². The third-order valence-electron chi connectivity index (χ3n) is 5.32. The van der Waals surface area contributed by atoms with Crippen LogP contribution < -0.4 is 14.2 Å². The van der Waals surface area contributed by atoms with Crippen LogP contribution in [0, 0.1) is 13.8 Å². The normalized spacial score (nSPS) is 10.9. The van der Waals surface area contributed by atoms with Crippen LogP contribution in [0.2, 0.25) is 0 Å². The number of rotatable bonds is 9. The van der Waals surface area contributed by atoms with Crippen molar-refractivity contribution in [2.75, 3.05) is 13.7 Å². The van der Waals surface area contributed by atoms with Gasteiger partial charge in [-0.15, -0.1) is 0 Å². The van der Waals surface area contributed by atoms with E-state index in [1.807, 2.05) is 42.5 Å². The van der Waals surface area contributed by atoms with Gasteiger partial charge in [0.1, 0.15) is 29.7 Å². The van der Waals surface area contributed by atoms with Gasteiger partial charge in [0.2, 0.25) is 0 Å². The Kier molecular flexibility index (Phi) is 6.41. The van der Waals surface area contributed by atoms with Gasteiger partial charge in [-0.05, 0) is 55.7 Å². The molecule has 5 nitrogen and oxygen atoms in total. The van der Waals surface area contributed by atoms with E-state index in [0.29, 0.717) is 13.2 Å². The minimum Gasteiger partial charge on any atom is -0.497 e. The highest BCUT2D eigenvalue weighted by Crippen LogP contribution is 2.24. The highest BCUT2D eigenvalue weighted by atomic mass is 16.5. The van der Waals surface area contributed by atoms with Gasteiger partial charge in [-0.25, -0.2) is 4.98 Å². The fourth-order valence-electron chi connectivity index (χ4n) is 3.75. The largest absolute Gasteiger partial charge is 0.497 e. The van der Waals surface area contributed by atoms with E-state index < -0.39 is 0 Å². The summed E-state index contributed by atoms with van der Waals surface area (Å²) in [5.74, 6) is 3.42. The number of para-hydroxylation sites is 3. The Balaban J connectivity index is 1.46. The number of hydrogen-bond acceptors (Lipinski definition) is 4. The lowest BCUT2D eigenvalue weighted by Gasteiger charge is -2.14. The molecule has 0 aliphatic carbocycles. The second-order valence-corrected chi connectivity index (χ2v) is 7.56. The van der Waals surface area contributed by atoms with Crippen molar-refractivity contribution < 1.29 is 14.2 Å². The van der Waals surface area contributed by atoms with E-state index in [-0.39, 0.29) is 0 Å². The number of aromatic nitrogens is 2. The first-order valence-electron chi connectivity index (χ1n) is 10.6. The van der Waals surface area contributed by atoms with E-state index in [0.717, 1.165) is 47.1 Å². The molecule has 3 aromatic carbocycles. The van der Waals surface area contributed by atoms with E-state index in [2.05, 4.69) is 42.7 Å². The van der Waals surface area contributed by atoms with Crippen LogP contribution in [0.25, 0.3) is 11.0 Å². The van der Waals surface area contributed by atoms with Crippen molar-refractivity contribution >= 4 is 11.0 Å². The number of imidazole rings is 1. The fourth-order valence-corrected chi connectivity index (χ4v) is 3.75. The van der Waals surface area contributed by atoms with E-state index in [4.69, 9.17) is 19.2 Å². The van der Waals surface area contributed by atoms with Crippen molar-refractivity contribution in [3.63, 3.8) is 0 Å². The van der Waals surface area contributed by atoms with Gasteiger partial charge in [-0.3, -0.25) is 0 Å². The average Bonchev–Trinajstić information content (AvgIpc) is 3.14. The SMILES string of the molecule is COc1cccc(OCc2nc3ccccc3n2CCCOc2c(C)cccc2C)c1.